The number of imidazole rings is 1. The zero-order valence-electron chi connectivity index (χ0n) is 13.6. The number of fused-ring (bicyclic) bond motifs is 1. The molecule has 0 aliphatic carbocycles. The van der Waals surface area contributed by atoms with E-state index in [1.54, 1.807) is 19.1 Å². The van der Waals surface area contributed by atoms with Crippen LogP contribution in [0, 0.1) is 0 Å². The minimum Gasteiger partial charge on any atom is -0.487 e. The third-order valence-corrected chi connectivity index (χ3v) is 3.45. The second-order valence-electron chi connectivity index (χ2n) is 5.38. The standard InChI is InChI=1S/C18H17F2N3O2/c1-13(22-25-12-17(19)20)14-5-4-6-16(9-14)24-11-15-10-23-8-3-2-7-18(23)21-15/h2-10,17H,11-12H2,1H3/b22-13+. The Labute approximate surface area is 143 Å². The lowest BCUT2D eigenvalue weighted by atomic mass is 10.1. The first-order chi connectivity index (χ1) is 12.1. The van der Waals surface area contributed by atoms with Crippen LogP contribution in [0.5, 0.6) is 5.75 Å². The van der Waals surface area contributed by atoms with Crippen LogP contribution >= 0.6 is 0 Å². The first-order valence-electron chi connectivity index (χ1n) is 7.72. The van der Waals surface area contributed by atoms with Crippen LogP contribution in [0.2, 0.25) is 0 Å². The van der Waals surface area contributed by atoms with Gasteiger partial charge in [-0.1, -0.05) is 23.4 Å². The van der Waals surface area contributed by atoms with Crippen molar-refractivity contribution in [3.63, 3.8) is 0 Å². The third-order valence-electron chi connectivity index (χ3n) is 3.45. The van der Waals surface area contributed by atoms with E-state index in [1.165, 1.54) is 0 Å². The Hall–Kier alpha value is -2.96. The first-order valence-corrected chi connectivity index (χ1v) is 7.72. The highest BCUT2D eigenvalue weighted by molar-refractivity contribution is 5.98. The van der Waals surface area contributed by atoms with Crippen molar-refractivity contribution in [3.05, 3.63) is 66.1 Å². The number of rotatable bonds is 7. The highest BCUT2D eigenvalue weighted by Crippen LogP contribution is 2.16. The zero-order chi connectivity index (χ0) is 17.6. The molecular weight excluding hydrogens is 328 g/mol. The van der Waals surface area contributed by atoms with E-state index in [-0.39, 0.29) is 0 Å². The Morgan fingerprint density at radius 1 is 1.24 bits per heavy atom. The van der Waals surface area contributed by atoms with Crippen LogP contribution in [0.1, 0.15) is 18.2 Å². The molecule has 0 aliphatic heterocycles. The van der Waals surface area contributed by atoms with Crippen LogP contribution in [0.4, 0.5) is 8.78 Å². The molecule has 2 heterocycles. The van der Waals surface area contributed by atoms with Crippen LogP contribution in [0.15, 0.2) is 60.0 Å². The van der Waals surface area contributed by atoms with Crippen LogP contribution in [-0.4, -0.2) is 28.1 Å². The first kappa shape index (κ1) is 16.9. The number of alkyl halides is 2. The van der Waals surface area contributed by atoms with Crippen LogP contribution < -0.4 is 4.74 Å². The van der Waals surface area contributed by atoms with Crippen molar-refractivity contribution in [3.8, 4) is 5.75 Å². The number of halogens is 2. The Morgan fingerprint density at radius 2 is 2.12 bits per heavy atom. The molecule has 0 fully saturated rings. The Kier molecular flexibility index (Phi) is 5.23. The molecule has 0 bridgehead atoms. The molecule has 2 aromatic heterocycles. The number of nitrogens with zero attached hydrogens (tertiary/aromatic N) is 3. The lowest BCUT2D eigenvalue weighted by Crippen LogP contribution is -2.03. The van der Waals surface area contributed by atoms with Crippen molar-refractivity contribution in [1.82, 2.24) is 9.38 Å². The molecule has 0 unspecified atom stereocenters. The molecule has 0 N–H and O–H groups in total. The van der Waals surface area contributed by atoms with Crippen molar-refractivity contribution in [2.24, 2.45) is 5.16 Å². The van der Waals surface area contributed by atoms with Gasteiger partial charge in [-0.25, -0.2) is 13.8 Å². The topological polar surface area (TPSA) is 48.1 Å². The highest BCUT2D eigenvalue weighted by atomic mass is 19.3. The maximum absolute atomic E-state index is 12.1. The second kappa shape index (κ2) is 7.74. The van der Waals surface area contributed by atoms with Crippen molar-refractivity contribution in [2.45, 2.75) is 20.0 Å². The number of oxime groups is 1. The largest absolute Gasteiger partial charge is 0.487 e. The van der Waals surface area contributed by atoms with E-state index in [0.717, 1.165) is 16.9 Å². The second-order valence-corrected chi connectivity index (χ2v) is 5.38. The van der Waals surface area contributed by atoms with Gasteiger partial charge in [0.2, 0.25) is 0 Å². The molecule has 0 spiro atoms. The molecule has 0 saturated heterocycles. The van der Waals surface area contributed by atoms with E-state index in [9.17, 15) is 8.78 Å². The van der Waals surface area contributed by atoms with Gasteiger partial charge in [-0.05, 0) is 31.2 Å². The van der Waals surface area contributed by atoms with E-state index in [4.69, 9.17) is 4.74 Å². The highest BCUT2D eigenvalue weighted by Gasteiger charge is 2.05. The zero-order valence-corrected chi connectivity index (χ0v) is 13.6. The van der Waals surface area contributed by atoms with E-state index >= 15 is 0 Å². The van der Waals surface area contributed by atoms with Gasteiger partial charge in [0.1, 0.15) is 18.0 Å². The quantitative estimate of drug-likeness (QED) is 0.482. The summed E-state index contributed by atoms with van der Waals surface area (Å²) in [6.45, 7) is 1.29. The summed E-state index contributed by atoms with van der Waals surface area (Å²) < 4.78 is 31.8. The molecule has 0 aliphatic rings. The number of aromatic nitrogens is 2. The average Bonchev–Trinajstić information content (AvgIpc) is 3.03. The summed E-state index contributed by atoms with van der Waals surface area (Å²) in [6.07, 6.45) is 1.28. The van der Waals surface area contributed by atoms with Gasteiger partial charge in [-0.2, -0.15) is 0 Å². The van der Waals surface area contributed by atoms with Crippen LogP contribution in [-0.2, 0) is 11.4 Å². The summed E-state index contributed by atoms with van der Waals surface area (Å²) >= 11 is 0. The predicted molar refractivity (Wildman–Crippen MR) is 90.1 cm³/mol. The fourth-order valence-corrected chi connectivity index (χ4v) is 2.27. The van der Waals surface area contributed by atoms with Crippen molar-refractivity contribution in [1.29, 1.82) is 0 Å². The number of ether oxygens (including phenoxy) is 1. The molecule has 25 heavy (non-hydrogen) atoms. The molecule has 0 saturated carbocycles. The van der Waals surface area contributed by atoms with Crippen LogP contribution in [0.3, 0.4) is 0 Å². The minimum atomic E-state index is -2.54. The molecule has 3 aromatic rings. The summed E-state index contributed by atoms with van der Waals surface area (Å²) in [5.74, 6) is 0.637. The summed E-state index contributed by atoms with van der Waals surface area (Å²) in [6, 6.07) is 13.0. The number of hydrogen-bond donors (Lipinski definition) is 0. The summed E-state index contributed by atoms with van der Waals surface area (Å²) in [5, 5.41) is 3.69. The fourth-order valence-electron chi connectivity index (χ4n) is 2.27. The van der Waals surface area contributed by atoms with E-state index in [2.05, 4.69) is 15.0 Å². The van der Waals surface area contributed by atoms with Gasteiger partial charge in [0.25, 0.3) is 6.43 Å². The van der Waals surface area contributed by atoms with Gasteiger partial charge in [-0.3, -0.25) is 0 Å². The maximum atomic E-state index is 12.1. The smallest absolute Gasteiger partial charge is 0.274 e. The molecule has 0 amide bonds. The van der Waals surface area contributed by atoms with Crippen molar-refractivity contribution < 1.29 is 18.4 Å². The molecule has 1 aromatic carbocycles. The van der Waals surface area contributed by atoms with Gasteiger partial charge in [0, 0.05) is 18.0 Å². The van der Waals surface area contributed by atoms with Gasteiger partial charge >= 0.3 is 0 Å². The minimum absolute atomic E-state index is 0.323. The lowest BCUT2D eigenvalue weighted by Gasteiger charge is -2.07. The Morgan fingerprint density at radius 3 is 2.92 bits per heavy atom. The van der Waals surface area contributed by atoms with Crippen molar-refractivity contribution >= 4 is 11.4 Å². The van der Waals surface area contributed by atoms with E-state index in [0.29, 0.717) is 18.1 Å². The Bertz CT molecular complexity index is 844. The molecular formula is C18H17F2N3O2. The van der Waals surface area contributed by atoms with Gasteiger partial charge in [0.15, 0.2) is 6.61 Å². The van der Waals surface area contributed by atoms with Gasteiger partial charge in [0.05, 0.1) is 11.4 Å². The van der Waals surface area contributed by atoms with Gasteiger partial charge < -0.3 is 14.0 Å². The molecule has 3 rings (SSSR count). The summed E-state index contributed by atoms with van der Waals surface area (Å²) in [5.41, 5.74) is 2.90. The fraction of sp³-hybridized carbons (Fsp3) is 0.222. The van der Waals surface area contributed by atoms with Gasteiger partial charge in [-0.15, -0.1) is 0 Å². The van der Waals surface area contributed by atoms with Crippen LogP contribution in [0.25, 0.3) is 5.65 Å². The maximum Gasteiger partial charge on any atom is 0.274 e. The molecule has 130 valence electrons. The third kappa shape index (κ3) is 4.53. The predicted octanol–water partition coefficient (Wildman–Crippen LogP) is 3.92. The van der Waals surface area contributed by atoms with Crippen molar-refractivity contribution in [2.75, 3.05) is 6.61 Å². The lowest BCUT2D eigenvalue weighted by molar-refractivity contribution is 0.0203. The van der Waals surface area contributed by atoms with E-state index in [1.807, 2.05) is 47.1 Å². The number of pyridine rings is 1. The average molecular weight is 345 g/mol. The molecule has 7 heteroatoms. The monoisotopic (exact) mass is 345 g/mol. The molecule has 0 atom stereocenters. The van der Waals surface area contributed by atoms with E-state index < -0.39 is 13.0 Å². The SMILES string of the molecule is C/C(=N\OCC(F)F)c1cccc(OCc2cn3ccccc3n2)c1. The number of hydrogen-bond acceptors (Lipinski definition) is 4. The molecule has 0 radical (unpaired) electrons. The Balaban J connectivity index is 1.65. The molecule has 5 nitrogen and oxygen atoms in total. The summed E-state index contributed by atoms with van der Waals surface area (Å²) in [4.78, 5) is 9.06. The summed E-state index contributed by atoms with van der Waals surface area (Å²) in [7, 11) is 0. The number of benzene rings is 1. The normalized spacial score (nSPS) is 11.9.